The molecule has 0 spiro atoms. The molecule has 1 aliphatic carbocycles. The minimum Gasteiger partial charge on any atom is -0.371 e. The lowest BCUT2D eigenvalue weighted by Gasteiger charge is -2.40. The molecule has 2 nitrogen and oxygen atoms in total. The molecule has 2 heteroatoms. The van der Waals surface area contributed by atoms with Crippen LogP contribution < -0.4 is 10.6 Å². The zero-order valence-electron chi connectivity index (χ0n) is 13.6. The highest BCUT2D eigenvalue weighted by atomic mass is 15.1. The first kappa shape index (κ1) is 15.4. The monoisotopic (exact) mass is 274 g/mol. The number of anilines is 1. The van der Waals surface area contributed by atoms with Crippen LogP contribution in [0.1, 0.15) is 50.7 Å². The smallest absolute Gasteiger partial charge is 0.0399 e. The number of benzene rings is 1. The number of nitrogens with zero attached hydrogens (tertiary/aromatic N) is 1. The van der Waals surface area contributed by atoms with Crippen LogP contribution in [-0.2, 0) is 6.42 Å². The van der Waals surface area contributed by atoms with Gasteiger partial charge in [0.05, 0.1) is 0 Å². The molecule has 0 bridgehead atoms. The summed E-state index contributed by atoms with van der Waals surface area (Å²) in [5.41, 5.74) is 10.4. The molecule has 0 heterocycles. The molecule has 0 amide bonds. The van der Waals surface area contributed by atoms with Gasteiger partial charge in [-0.05, 0) is 62.6 Å². The number of rotatable bonds is 4. The molecule has 0 unspecified atom stereocenters. The van der Waals surface area contributed by atoms with E-state index < -0.39 is 0 Å². The van der Waals surface area contributed by atoms with Gasteiger partial charge in [-0.15, -0.1) is 0 Å². The summed E-state index contributed by atoms with van der Waals surface area (Å²) < 4.78 is 0. The quantitative estimate of drug-likeness (QED) is 0.902. The van der Waals surface area contributed by atoms with Crippen LogP contribution >= 0.6 is 0 Å². The average molecular weight is 274 g/mol. The molecule has 1 aliphatic rings. The van der Waals surface area contributed by atoms with Gasteiger partial charge in [-0.2, -0.15) is 0 Å². The Morgan fingerprint density at radius 2 is 1.90 bits per heavy atom. The predicted octanol–water partition coefficient (Wildman–Crippen LogP) is 3.90. The fourth-order valence-corrected chi connectivity index (χ4v) is 3.38. The molecule has 112 valence electrons. The van der Waals surface area contributed by atoms with Crippen molar-refractivity contribution in [3.05, 3.63) is 29.3 Å². The Morgan fingerprint density at radius 1 is 1.25 bits per heavy atom. The standard InChI is InChI=1S/C18H30N2/c1-14-5-6-17(15(13-14)9-12-19)20(4)16-7-10-18(2,3)11-8-16/h5-6,13,16H,7-12,19H2,1-4H3. The fraction of sp³-hybridized carbons (Fsp3) is 0.667. The van der Waals surface area contributed by atoms with Gasteiger partial charge in [0.1, 0.15) is 0 Å². The van der Waals surface area contributed by atoms with E-state index in [9.17, 15) is 0 Å². The van der Waals surface area contributed by atoms with Crippen LogP contribution in [0.5, 0.6) is 0 Å². The van der Waals surface area contributed by atoms with E-state index in [0.29, 0.717) is 11.5 Å². The summed E-state index contributed by atoms with van der Waals surface area (Å²) in [5.74, 6) is 0. The van der Waals surface area contributed by atoms with Crippen LogP contribution in [0.15, 0.2) is 18.2 Å². The second-order valence-corrected chi connectivity index (χ2v) is 7.18. The SMILES string of the molecule is Cc1ccc(N(C)C2CCC(C)(C)CC2)c(CCN)c1. The third-order valence-electron chi connectivity index (χ3n) is 4.89. The second-order valence-electron chi connectivity index (χ2n) is 7.18. The van der Waals surface area contributed by atoms with Crippen molar-refractivity contribution in [2.45, 2.75) is 58.9 Å². The van der Waals surface area contributed by atoms with E-state index in [1.165, 1.54) is 42.5 Å². The Kier molecular flexibility index (Phi) is 4.74. The van der Waals surface area contributed by atoms with Crippen molar-refractivity contribution in [1.29, 1.82) is 0 Å². The van der Waals surface area contributed by atoms with E-state index in [1.807, 2.05) is 0 Å². The summed E-state index contributed by atoms with van der Waals surface area (Å²) >= 11 is 0. The van der Waals surface area contributed by atoms with Gasteiger partial charge in [0.25, 0.3) is 0 Å². The van der Waals surface area contributed by atoms with Gasteiger partial charge < -0.3 is 10.6 Å². The van der Waals surface area contributed by atoms with E-state index in [4.69, 9.17) is 5.73 Å². The Labute approximate surface area is 124 Å². The van der Waals surface area contributed by atoms with Gasteiger partial charge in [-0.25, -0.2) is 0 Å². The maximum absolute atomic E-state index is 5.78. The molecule has 2 N–H and O–H groups in total. The Hall–Kier alpha value is -1.02. The van der Waals surface area contributed by atoms with Crippen molar-refractivity contribution in [3.63, 3.8) is 0 Å². The van der Waals surface area contributed by atoms with Gasteiger partial charge >= 0.3 is 0 Å². The molecule has 1 aromatic rings. The number of aryl methyl sites for hydroxylation is 1. The second kappa shape index (κ2) is 6.17. The minimum atomic E-state index is 0.532. The van der Waals surface area contributed by atoms with Gasteiger partial charge in [0, 0.05) is 18.8 Å². The van der Waals surface area contributed by atoms with Crippen molar-refractivity contribution in [2.24, 2.45) is 11.1 Å². The van der Waals surface area contributed by atoms with Crippen molar-refractivity contribution < 1.29 is 0 Å². The molecule has 0 aromatic heterocycles. The van der Waals surface area contributed by atoms with Crippen molar-refractivity contribution in [1.82, 2.24) is 0 Å². The fourth-order valence-electron chi connectivity index (χ4n) is 3.38. The average Bonchev–Trinajstić information content (AvgIpc) is 2.38. The van der Waals surface area contributed by atoms with Crippen LogP contribution in [-0.4, -0.2) is 19.6 Å². The van der Waals surface area contributed by atoms with Crippen molar-refractivity contribution >= 4 is 5.69 Å². The largest absolute Gasteiger partial charge is 0.371 e. The first-order chi connectivity index (χ1) is 9.43. The Balaban J connectivity index is 2.14. The predicted molar refractivity (Wildman–Crippen MR) is 88.4 cm³/mol. The third-order valence-corrected chi connectivity index (χ3v) is 4.89. The molecule has 1 saturated carbocycles. The summed E-state index contributed by atoms with van der Waals surface area (Å²) in [6, 6.07) is 7.48. The summed E-state index contributed by atoms with van der Waals surface area (Å²) in [7, 11) is 2.26. The highest BCUT2D eigenvalue weighted by Gasteiger charge is 2.29. The summed E-state index contributed by atoms with van der Waals surface area (Å²) in [6.07, 6.45) is 6.25. The normalized spacial score (nSPS) is 19.1. The minimum absolute atomic E-state index is 0.532. The first-order valence-corrected chi connectivity index (χ1v) is 7.95. The Morgan fingerprint density at radius 3 is 2.50 bits per heavy atom. The first-order valence-electron chi connectivity index (χ1n) is 7.95. The van der Waals surface area contributed by atoms with Crippen LogP contribution in [0.3, 0.4) is 0 Å². The molecule has 0 radical (unpaired) electrons. The van der Waals surface area contributed by atoms with E-state index in [-0.39, 0.29) is 0 Å². The molecular weight excluding hydrogens is 244 g/mol. The lowest BCUT2D eigenvalue weighted by Crippen LogP contribution is -2.37. The van der Waals surface area contributed by atoms with E-state index in [2.05, 4.69) is 50.9 Å². The molecule has 1 aromatic carbocycles. The van der Waals surface area contributed by atoms with Crippen molar-refractivity contribution in [3.8, 4) is 0 Å². The third kappa shape index (κ3) is 3.54. The highest BCUT2D eigenvalue weighted by molar-refractivity contribution is 5.55. The van der Waals surface area contributed by atoms with Gasteiger partial charge in [0.2, 0.25) is 0 Å². The van der Waals surface area contributed by atoms with Crippen LogP contribution in [0.25, 0.3) is 0 Å². The number of hydrogen-bond donors (Lipinski definition) is 1. The molecule has 0 atom stereocenters. The molecule has 0 saturated heterocycles. The van der Waals surface area contributed by atoms with E-state index in [0.717, 1.165) is 13.0 Å². The topological polar surface area (TPSA) is 29.3 Å². The zero-order valence-corrected chi connectivity index (χ0v) is 13.6. The van der Waals surface area contributed by atoms with E-state index >= 15 is 0 Å². The molecule has 0 aliphatic heterocycles. The molecule has 1 fully saturated rings. The van der Waals surface area contributed by atoms with Crippen molar-refractivity contribution in [2.75, 3.05) is 18.5 Å². The van der Waals surface area contributed by atoms with Gasteiger partial charge in [0.15, 0.2) is 0 Å². The summed E-state index contributed by atoms with van der Waals surface area (Å²) in [5, 5.41) is 0. The van der Waals surface area contributed by atoms with E-state index in [1.54, 1.807) is 0 Å². The molecule has 2 rings (SSSR count). The van der Waals surface area contributed by atoms with Crippen LogP contribution in [0, 0.1) is 12.3 Å². The van der Waals surface area contributed by atoms with Crippen LogP contribution in [0.4, 0.5) is 5.69 Å². The molecule has 20 heavy (non-hydrogen) atoms. The maximum atomic E-state index is 5.78. The number of nitrogens with two attached hydrogens (primary N) is 1. The van der Waals surface area contributed by atoms with Gasteiger partial charge in [-0.1, -0.05) is 31.5 Å². The Bertz CT molecular complexity index is 441. The van der Waals surface area contributed by atoms with Crippen LogP contribution in [0.2, 0.25) is 0 Å². The summed E-state index contributed by atoms with van der Waals surface area (Å²) in [6.45, 7) is 7.68. The highest BCUT2D eigenvalue weighted by Crippen LogP contribution is 2.38. The summed E-state index contributed by atoms with van der Waals surface area (Å²) in [4.78, 5) is 2.50. The molecular formula is C18H30N2. The number of hydrogen-bond acceptors (Lipinski definition) is 2. The zero-order chi connectivity index (χ0) is 14.8. The lowest BCUT2D eigenvalue weighted by molar-refractivity contribution is 0.222. The maximum Gasteiger partial charge on any atom is 0.0399 e. The van der Waals surface area contributed by atoms with Gasteiger partial charge in [-0.3, -0.25) is 0 Å². The lowest BCUT2D eigenvalue weighted by atomic mass is 9.75.